The van der Waals surface area contributed by atoms with Crippen molar-refractivity contribution in [2.75, 3.05) is 5.73 Å². The number of nitrogens with one attached hydrogen (secondary N) is 1. The summed E-state index contributed by atoms with van der Waals surface area (Å²) in [5, 5.41) is 3.37. The number of aryl methyl sites for hydroxylation is 1. The molecule has 0 bridgehead atoms. The van der Waals surface area contributed by atoms with Gasteiger partial charge in [0.2, 0.25) is 5.91 Å². The summed E-state index contributed by atoms with van der Waals surface area (Å²) >= 11 is 6.27. The molecule has 2 amide bonds. The summed E-state index contributed by atoms with van der Waals surface area (Å²) in [6.45, 7) is 2.14. The van der Waals surface area contributed by atoms with E-state index in [0.717, 1.165) is 16.7 Å². The van der Waals surface area contributed by atoms with E-state index in [4.69, 9.17) is 17.3 Å². The average molecular weight is 498 g/mol. The molecule has 1 aromatic heterocycles. The van der Waals surface area contributed by atoms with Crippen LogP contribution in [0.15, 0.2) is 79.0 Å². The number of fused-ring (bicyclic) bond motifs is 1. The number of carbonyl (C=O) groups is 2. The van der Waals surface area contributed by atoms with E-state index in [9.17, 15) is 9.59 Å². The minimum absolute atomic E-state index is 0.139. The highest BCUT2D eigenvalue weighted by Crippen LogP contribution is 2.38. The SMILES string of the molecule is Cc1ncc(CNC(=O)C2c3cc(Cl)ccc3C(=O)N2Cc2ccccc2-c2ccccc2)c(N)n1. The van der Waals surface area contributed by atoms with Gasteiger partial charge in [-0.1, -0.05) is 66.2 Å². The fraction of sp³-hybridized carbons (Fsp3) is 0.143. The van der Waals surface area contributed by atoms with Crippen molar-refractivity contribution in [2.24, 2.45) is 0 Å². The Hall–Kier alpha value is -4.23. The number of hydrogen-bond donors (Lipinski definition) is 2. The van der Waals surface area contributed by atoms with Gasteiger partial charge in [-0.05, 0) is 47.4 Å². The van der Waals surface area contributed by atoms with Crippen molar-refractivity contribution in [1.29, 1.82) is 0 Å². The zero-order valence-electron chi connectivity index (χ0n) is 19.6. The first-order valence-corrected chi connectivity index (χ1v) is 11.9. The third kappa shape index (κ3) is 4.53. The smallest absolute Gasteiger partial charge is 0.255 e. The van der Waals surface area contributed by atoms with Gasteiger partial charge < -0.3 is 16.0 Å². The topological polar surface area (TPSA) is 101 Å². The van der Waals surface area contributed by atoms with Gasteiger partial charge in [0.1, 0.15) is 17.7 Å². The zero-order valence-corrected chi connectivity index (χ0v) is 20.4. The first-order valence-electron chi connectivity index (χ1n) is 11.5. The number of halogens is 1. The lowest BCUT2D eigenvalue weighted by atomic mass is 9.99. The molecule has 0 fully saturated rings. The van der Waals surface area contributed by atoms with Gasteiger partial charge in [-0.3, -0.25) is 9.59 Å². The quantitative estimate of drug-likeness (QED) is 0.402. The molecule has 36 heavy (non-hydrogen) atoms. The predicted octanol–water partition coefficient (Wildman–Crippen LogP) is 4.70. The molecule has 8 heteroatoms. The highest BCUT2D eigenvalue weighted by atomic mass is 35.5. The molecular weight excluding hydrogens is 474 g/mol. The van der Waals surface area contributed by atoms with E-state index >= 15 is 0 Å². The molecular formula is C28H24ClN5O2. The lowest BCUT2D eigenvalue weighted by Gasteiger charge is -2.26. The van der Waals surface area contributed by atoms with E-state index in [-0.39, 0.29) is 24.9 Å². The summed E-state index contributed by atoms with van der Waals surface area (Å²) in [6, 6.07) is 22.0. The molecule has 1 aliphatic heterocycles. The molecule has 0 spiro atoms. The number of amides is 2. The normalized spacial score (nSPS) is 14.6. The Morgan fingerprint density at radius 1 is 1.03 bits per heavy atom. The Morgan fingerprint density at radius 2 is 1.78 bits per heavy atom. The summed E-state index contributed by atoms with van der Waals surface area (Å²) in [5.41, 5.74) is 10.6. The third-order valence-electron chi connectivity index (χ3n) is 6.27. The lowest BCUT2D eigenvalue weighted by molar-refractivity contribution is -0.125. The zero-order chi connectivity index (χ0) is 25.2. The van der Waals surface area contributed by atoms with Gasteiger partial charge in [-0.15, -0.1) is 0 Å². The highest BCUT2D eigenvalue weighted by Gasteiger charge is 2.41. The number of aromatic nitrogens is 2. The fourth-order valence-electron chi connectivity index (χ4n) is 4.51. The Bertz CT molecular complexity index is 1460. The Kier molecular flexibility index (Phi) is 6.40. The second-order valence-corrected chi connectivity index (χ2v) is 9.07. The summed E-state index contributed by atoms with van der Waals surface area (Å²) in [4.78, 5) is 36.9. The minimum atomic E-state index is -0.845. The van der Waals surface area contributed by atoms with Crippen molar-refractivity contribution in [1.82, 2.24) is 20.2 Å². The van der Waals surface area contributed by atoms with E-state index in [1.54, 1.807) is 36.2 Å². The van der Waals surface area contributed by atoms with Crippen LogP contribution in [0.5, 0.6) is 0 Å². The highest BCUT2D eigenvalue weighted by molar-refractivity contribution is 6.31. The maximum absolute atomic E-state index is 13.5. The van der Waals surface area contributed by atoms with Crippen molar-refractivity contribution in [3.8, 4) is 11.1 Å². The van der Waals surface area contributed by atoms with Crippen LogP contribution in [-0.4, -0.2) is 26.7 Å². The summed E-state index contributed by atoms with van der Waals surface area (Å²) in [6.07, 6.45) is 1.59. The average Bonchev–Trinajstić information content (AvgIpc) is 3.14. The van der Waals surface area contributed by atoms with Crippen molar-refractivity contribution in [2.45, 2.75) is 26.1 Å². The van der Waals surface area contributed by atoms with Crippen LogP contribution in [0, 0.1) is 6.92 Å². The lowest BCUT2D eigenvalue weighted by Crippen LogP contribution is -2.38. The van der Waals surface area contributed by atoms with Crippen LogP contribution < -0.4 is 11.1 Å². The summed E-state index contributed by atoms with van der Waals surface area (Å²) in [7, 11) is 0. The second-order valence-electron chi connectivity index (χ2n) is 8.64. The molecule has 0 radical (unpaired) electrons. The molecule has 3 N–H and O–H groups in total. The van der Waals surface area contributed by atoms with Crippen molar-refractivity contribution >= 4 is 29.2 Å². The first-order chi connectivity index (χ1) is 17.4. The minimum Gasteiger partial charge on any atom is -0.383 e. The Morgan fingerprint density at radius 3 is 2.56 bits per heavy atom. The van der Waals surface area contributed by atoms with Crippen molar-refractivity contribution < 1.29 is 9.59 Å². The molecule has 4 aromatic rings. The molecule has 0 saturated carbocycles. The molecule has 0 aliphatic carbocycles. The predicted molar refractivity (Wildman–Crippen MR) is 139 cm³/mol. The van der Waals surface area contributed by atoms with Gasteiger partial charge in [-0.2, -0.15) is 0 Å². The number of nitrogens with two attached hydrogens (primary N) is 1. The number of rotatable bonds is 6. The van der Waals surface area contributed by atoms with Gasteiger partial charge in [0.25, 0.3) is 5.91 Å². The molecule has 7 nitrogen and oxygen atoms in total. The van der Waals surface area contributed by atoms with Crippen molar-refractivity contribution in [3.05, 3.63) is 112 Å². The second kappa shape index (κ2) is 9.79. The van der Waals surface area contributed by atoms with Crippen molar-refractivity contribution in [3.63, 3.8) is 0 Å². The van der Waals surface area contributed by atoms with E-state index in [1.807, 2.05) is 54.6 Å². The molecule has 1 unspecified atom stereocenters. The monoisotopic (exact) mass is 497 g/mol. The molecule has 0 saturated heterocycles. The van der Waals surface area contributed by atoms with E-state index < -0.39 is 6.04 Å². The van der Waals surface area contributed by atoms with E-state index in [2.05, 4.69) is 15.3 Å². The Balaban J connectivity index is 1.48. The standard InChI is InChI=1S/C28H24ClN5O2/c1-17-31-14-20(26(30)33-17)15-32-27(35)25-24-13-21(29)11-12-23(24)28(36)34(25)16-19-9-5-6-10-22(19)18-7-3-2-4-8-18/h2-14,25H,15-16H2,1H3,(H,32,35)(H2,30,31,33). The third-order valence-corrected chi connectivity index (χ3v) is 6.51. The van der Waals surface area contributed by atoms with Gasteiger partial charge >= 0.3 is 0 Å². The van der Waals surface area contributed by atoms with E-state index in [0.29, 0.717) is 33.4 Å². The van der Waals surface area contributed by atoms with Gasteiger partial charge in [0.15, 0.2) is 0 Å². The van der Waals surface area contributed by atoms with Crippen LogP contribution in [0.3, 0.4) is 0 Å². The maximum atomic E-state index is 13.5. The summed E-state index contributed by atoms with van der Waals surface area (Å²) < 4.78 is 0. The number of nitrogens with zero attached hydrogens (tertiary/aromatic N) is 3. The van der Waals surface area contributed by atoms with Gasteiger partial charge in [0.05, 0.1) is 0 Å². The molecule has 180 valence electrons. The van der Waals surface area contributed by atoms with Gasteiger partial charge in [-0.25, -0.2) is 9.97 Å². The first kappa shape index (κ1) is 23.5. The van der Waals surface area contributed by atoms with Crippen LogP contribution >= 0.6 is 11.6 Å². The van der Waals surface area contributed by atoms with Crippen LogP contribution in [0.25, 0.3) is 11.1 Å². The van der Waals surface area contributed by atoms with E-state index in [1.165, 1.54) is 0 Å². The Labute approximate surface area is 214 Å². The van der Waals surface area contributed by atoms with Crippen LogP contribution in [0.1, 0.15) is 38.9 Å². The number of hydrogen-bond acceptors (Lipinski definition) is 5. The van der Waals surface area contributed by atoms with Gasteiger partial charge in [0, 0.05) is 35.4 Å². The number of nitrogen functional groups attached to an aromatic ring is 1. The summed E-state index contributed by atoms with van der Waals surface area (Å²) in [5.74, 6) is 0.308. The molecule has 5 rings (SSSR count). The van der Waals surface area contributed by atoms with Crippen LogP contribution in [-0.2, 0) is 17.9 Å². The molecule has 1 atom stereocenters. The maximum Gasteiger partial charge on any atom is 0.255 e. The molecule has 2 heterocycles. The fourth-order valence-corrected chi connectivity index (χ4v) is 4.69. The molecule has 3 aromatic carbocycles. The number of anilines is 1. The van der Waals surface area contributed by atoms with Crippen LogP contribution in [0.2, 0.25) is 5.02 Å². The largest absolute Gasteiger partial charge is 0.383 e. The molecule has 1 aliphatic rings. The van der Waals surface area contributed by atoms with Crippen LogP contribution in [0.4, 0.5) is 5.82 Å². The number of carbonyl (C=O) groups excluding carboxylic acids is 2. The number of benzene rings is 3.